The molecule has 3 aromatic rings. The molecule has 25 heavy (non-hydrogen) atoms. The Morgan fingerprint density at radius 1 is 1.20 bits per heavy atom. The average Bonchev–Trinajstić information content (AvgIpc) is 2.54. The SMILES string of the molecule is CNc1nc(=O)n(-c2ccccc2C)c2cc(C(F)(F)F)cc(Cl)c12. The number of hydrogen-bond acceptors (Lipinski definition) is 3. The predicted molar refractivity (Wildman–Crippen MR) is 91.6 cm³/mol. The molecule has 0 saturated carbocycles. The molecular formula is C17H13ClF3N3O. The molecule has 0 radical (unpaired) electrons. The summed E-state index contributed by atoms with van der Waals surface area (Å²) in [5.74, 6) is 0.128. The molecule has 0 unspecified atom stereocenters. The predicted octanol–water partition coefficient (Wildman–Crippen LogP) is 4.41. The molecule has 0 spiro atoms. The van der Waals surface area contributed by atoms with Crippen molar-refractivity contribution in [2.45, 2.75) is 13.1 Å². The minimum absolute atomic E-state index is 0.0403. The van der Waals surface area contributed by atoms with Crippen molar-refractivity contribution in [2.24, 2.45) is 0 Å². The van der Waals surface area contributed by atoms with Gasteiger partial charge >= 0.3 is 11.9 Å². The Bertz CT molecular complexity index is 1030. The third-order valence-electron chi connectivity index (χ3n) is 3.87. The minimum Gasteiger partial charge on any atom is -0.372 e. The number of nitrogens with one attached hydrogen (secondary N) is 1. The third-order valence-corrected chi connectivity index (χ3v) is 4.16. The van der Waals surface area contributed by atoms with Gasteiger partial charge in [-0.3, -0.25) is 4.57 Å². The first-order valence-corrected chi connectivity index (χ1v) is 7.69. The maximum Gasteiger partial charge on any atom is 0.416 e. The van der Waals surface area contributed by atoms with Crippen LogP contribution in [0.15, 0.2) is 41.2 Å². The van der Waals surface area contributed by atoms with Crippen molar-refractivity contribution in [3.05, 3.63) is 63.0 Å². The van der Waals surface area contributed by atoms with Gasteiger partial charge in [-0.25, -0.2) is 4.79 Å². The molecule has 1 heterocycles. The van der Waals surface area contributed by atoms with Crippen LogP contribution in [-0.2, 0) is 6.18 Å². The molecule has 0 amide bonds. The fraction of sp³-hybridized carbons (Fsp3) is 0.176. The summed E-state index contributed by atoms with van der Waals surface area (Å²) in [4.78, 5) is 16.4. The molecule has 2 aromatic carbocycles. The lowest BCUT2D eigenvalue weighted by atomic mass is 10.1. The smallest absolute Gasteiger partial charge is 0.372 e. The van der Waals surface area contributed by atoms with Gasteiger partial charge in [-0.05, 0) is 30.7 Å². The second kappa shape index (κ2) is 6.07. The van der Waals surface area contributed by atoms with Crippen molar-refractivity contribution in [2.75, 3.05) is 12.4 Å². The number of aromatic nitrogens is 2. The van der Waals surface area contributed by atoms with Crippen molar-refractivity contribution in [1.29, 1.82) is 0 Å². The van der Waals surface area contributed by atoms with E-state index in [9.17, 15) is 18.0 Å². The van der Waals surface area contributed by atoms with E-state index in [0.717, 1.165) is 22.3 Å². The molecule has 130 valence electrons. The highest BCUT2D eigenvalue weighted by molar-refractivity contribution is 6.36. The van der Waals surface area contributed by atoms with Gasteiger partial charge in [-0.1, -0.05) is 29.8 Å². The summed E-state index contributed by atoms with van der Waals surface area (Å²) in [7, 11) is 1.52. The Morgan fingerprint density at radius 3 is 2.48 bits per heavy atom. The highest BCUT2D eigenvalue weighted by Crippen LogP contribution is 2.37. The summed E-state index contributed by atoms with van der Waals surface area (Å²) in [6.45, 7) is 1.76. The zero-order chi connectivity index (χ0) is 18.4. The molecule has 1 aromatic heterocycles. The number of fused-ring (bicyclic) bond motifs is 1. The van der Waals surface area contributed by atoms with Crippen molar-refractivity contribution >= 4 is 28.3 Å². The zero-order valence-electron chi connectivity index (χ0n) is 13.3. The van der Waals surface area contributed by atoms with E-state index in [4.69, 9.17) is 11.6 Å². The Morgan fingerprint density at radius 2 is 1.88 bits per heavy atom. The van der Waals surface area contributed by atoms with Gasteiger partial charge in [0.2, 0.25) is 0 Å². The van der Waals surface area contributed by atoms with E-state index in [1.807, 2.05) is 0 Å². The number of benzene rings is 2. The van der Waals surface area contributed by atoms with Crippen molar-refractivity contribution in [1.82, 2.24) is 9.55 Å². The highest BCUT2D eigenvalue weighted by Gasteiger charge is 2.32. The van der Waals surface area contributed by atoms with E-state index in [2.05, 4.69) is 10.3 Å². The summed E-state index contributed by atoms with van der Waals surface area (Å²) in [5, 5.41) is 2.83. The molecule has 3 rings (SSSR count). The Balaban J connectivity index is 2.53. The summed E-state index contributed by atoms with van der Waals surface area (Å²) in [6, 6.07) is 8.62. The summed E-state index contributed by atoms with van der Waals surface area (Å²) >= 11 is 6.11. The second-order valence-corrected chi connectivity index (χ2v) is 5.87. The van der Waals surface area contributed by atoms with E-state index < -0.39 is 17.4 Å². The van der Waals surface area contributed by atoms with Gasteiger partial charge in [0, 0.05) is 7.05 Å². The quantitative estimate of drug-likeness (QED) is 0.730. The molecule has 0 aliphatic carbocycles. The first-order valence-electron chi connectivity index (χ1n) is 7.31. The van der Waals surface area contributed by atoms with E-state index in [1.165, 1.54) is 7.05 Å². The number of rotatable bonds is 2. The molecule has 0 aliphatic heterocycles. The second-order valence-electron chi connectivity index (χ2n) is 5.46. The number of nitrogens with zero attached hydrogens (tertiary/aromatic N) is 2. The molecule has 0 saturated heterocycles. The van der Waals surface area contributed by atoms with Gasteiger partial charge in [0.1, 0.15) is 5.82 Å². The van der Waals surface area contributed by atoms with Gasteiger partial charge < -0.3 is 5.32 Å². The molecule has 8 heteroatoms. The summed E-state index contributed by atoms with van der Waals surface area (Å²) < 4.78 is 40.8. The van der Waals surface area contributed by atoms with E-state index in [0.29, 0.717) is 5.69 Å². The largest absolute Gasteiger partial charge is 0.416 e. The van der Waals surface area contributed by atoms with Crippen LogP contribution in [0.25, 0.3) is 16.6 Å². The number of hydrogen-bond donors (Lipinski definition) is 1. The lowest BCUT2D eigenvalue weighted by Crippen LogP contribution is -2.24. The standard InChI is InChI=1S/C17H13ClF3N3O/c1-9-5-3-4-6-12(9)24-13-8-10(17(19,20)21)7-11(18)14(13)15(22-2)23-16(24)25/h3-8H,1-2H3,(H,22,23,25). The van der Waals surface area contributed by atoms with Crippen LogP contribution >= 0.6 is 11.6 Å². The Labute approximate surface area is 145 Å². The Kier molecular flexibility index (Phi) is 4.20. The number of halogens is 4. The van der Waals surface area contributed by atoms with Crippen LogP contribution in [0.1, 0.15) is 11.1 Å². The van der Waals surface area contributed by atoms with Crippen LogP contribution in [0.2, 0.25) is 5.02 Å². The van der Waals surface area contributed by atoms with E-state index in [-0.39, 0.29) is 21.7 Å². The van der Waals surface area contributed by atoms with Crippen LogP contribution in [0.4, 0.5) is 19.0 Å². The van der Waals surface area contributed by atoms with Gasteiger partial charge in [0.25, 0.3) is 0 Å². The normalized spacial score (nSPS) is 11.8. The van der Waals surface area contributed by atoms with Crippen LogP contribution in [-0.4, -0.2) is 16.6 Å². The number of aryl methyl sites for hydroxylation is 1. The van der Waals surface area contributed by atoms with Gasteiger partial charge in [-0.2, -0.15) is 18.2 Å². The lowest BCUT2D eigenvalue weighted by Gasteiger charge is -2.17. The molecule has 0 atom stereocenters. The van der Waals surface area contributed by atoms with Crippen LogP contribution < -0.4 is 11.0 Å². The van der Waals surface area contributed by atoms with Gasteiger partial charge in [0.15, 0.2) is 0 Å². The summed E-state index contributed by atoms with van der Waals surface area (Å²) in [6.07, 6.45) is -4.59. The first-order chi connectivity index (χ1) is 11.7. The minimum atomic E-state index is -4.59. The summed E-state index contributed by atoms with van der Waals surface area (Å²) in [5.41, 5.74) is -0.415. The monoisotopic (exact) mass is 367 g/mol. The van der Waals surface area contributed by atoms with Crippen molar-refractivity contribution in [3.63, 3.8) is 0 Å². The molecule has 0 bridgehead atoms. The topological polar surface area (TPSA) is 46.9 Å². The van der Waals surface area contributed by atoms with Gasteiger partial charge in [0.05, 0.1) is 27.2 Å². The van der Waals surface area contributed by atoms with Crippen molar-refractivity contribution < 1.29 is 13.2 Å². The zero-order valence-corrected chi connectivity index (χ0v) is 14.0. The fourth-order valence-electron chi connectivity index (χ4n) is 2.70. The maximum atomic E-state index is 13.2. The molecule has 4 nitrogen and oxygen atoms in total. The van der Waals surface area contributed by atoms with Gasteiger partial charge in [-0.15, -0.1) is 0 Å². The molecule has 0 aliphatic rings. The van der Waals surface area contributed by atoms with Crippen LogP contribution in [0, 0.1) is 6.92 Å². The van der Waals surface area contributed by atoms with Crippen LogP contribution in [0.3, 0.4) is 0 Å². The lowest BCUT2D eigenvalue weighted by molar-refractivity contribution is -0.137. The highest BCUT2D eigenvalue weighted by atomic mass is 35.5. The molecule has 0 fully saturated rings. The average molecular weight is 368 g/mol. The Hall–Kier alpha value is -2.54. The fourth-order valence-corrected chi connectivity index (χ4v) is 3.00. The van der Waals surface area contributed by atoms with Crippen LogP contribution in [0.5, 0.6) is 0 Å². The maximum absolute atomic E-state index is 13.2. The van der Waals surface area contributed by atoms with Crippen molar-refractivity contribution in [3.8, 4) is 5.69 Å². The van der Waals surface area contributed by atoms with E-state index >= 15 is 0 Å². The number of para-hydroxylation sites is 1. The number of alkyl halides is 3. The van der Waals surface area contributed by atoms with E-state index in [1.54, 1.807) is 31.2 Å². The first kappa shape index (κ1) is 17.3. The molecular weight excluding hydrogens is 355 g/mol. The molecule has 1 N–H and O–H groups in total. The number of anilines is 1. The third kappa shape index (κ3) is 2.95.